The molecule has 3 rings (SSSR count). The highest BCUT2D eigenvalue weighted by atomic mass is 35.5. The first-order chi connectivity index (χ1) is 12.0. The van der Waals surface area contributed by atoms with Gasteiger partial charge in [-0.05, 0) is 23.0 Å². The predicted molar refractivity (Wildman–Crippen MR) is 88.5 cm³/mol. The van der Waals surface area contributed by atoms with Crippen LogP contribution < -0.4 is 5.32 Å². The number of carbonyl (C=O) groups excluding carboxylic acids is 1. The van der Waals surface area contributed by atoms with E-state index in [0.717, 1.165) is 11.1 Å². The number of nitrogens with zero attached hydrogens (tertiary/aromatic N) is 5. The van der Waals surface area contributed by atoms with Crippen molar-refractivity contribution in [2.75, 3.05) is 5.32 Å². The number of nitro groups is 1. The normalized spacial score (nSPS) is 10.6. The van der Waals surface area contributed by atoms with Crippen LogP contribution in [-0.2, 0) is 6.54 Å². The molecule has 0 saturated heterocycles. The first-order valence-electron chi connectivity index (χ1n) is 7.09. The summed E-state index contributed by atoms with van der Waals surface area (Å²) in [5.74, 6) is -1.26. The minimum Gasteiger partial charge on any atom is -0.358 e. The molecule has 1 aromatic carbocycles. The third kappa shape index (κ3) is 3.48. The second kappa shape index (κ2) is 6.69. The van der Waals surface area contributed by atoms with Crippen molar-refractivity contribution in [1.29, 1.82) is 0 Å². The highest BCUT2D eigenvalue weighted by molar-refractivity contribution is 6.35. The topological polar surface area (TPSA) is 132 Å². The van der Waals surface area contributed by atoms with Crippen LogP contribution >= 0.6 is 11.6 Å². The van der Waals surface area contributed by atoms with Crippen LogP contribution in [0.1, 0.15) is 21.6 Å². The van der Waals surface area contributed by atoms with E-state index >= 15 is 0 Å². The Morgan fingerprint density at radius 2 is 2.20 bits per heavy atom. The smallest absolute Gasteiger partial charge is 0.358 e. The van der Waals surface area contributed by atoms with E-state index in [-0.39, 0.29) is 16.7 Å². The van der Waals surface area contributed by atoms with Gasteiger partial charge in [0.15, 0.2) is 10.7 Å². The van der Waals surface area contributed by atoms with Crippen molar-refractivity contribution in [1.82, 2.24) is 25.0 Å². The molecule has 10 nitrogen and oxygen atoms in total. The Labute approximate surface area is 146 Å². The van der Waals surface area contributed by atoms with Gasteiger partial charge in [-0.25, -0.2) is 9.67 Å². The lowest BCUT2D eigenvalue weighted by atomic mass is 10.1. The minimum atomic E-state index is -0.763. The second-order valence-electron chi connectivity index (χ2n) is 5.14. The number of aryl methyl sites for hydroxylation is 1. The van der Waals surface area contributed by atoms with Crippen molar-refractivity contribution in [2.24, 2.45) is 0 Å². The fourth-order valence-corrected chi connectivity index (χ4v) is 2.38. The van der Waals surface area contributed by atoms with Crippen LogP contribution in [0.15, 0.2) is 30.6 Å². The van der Waals surface area contributed by atoms with Crippen LogP contribution in [0.2, 0.25) is 5.02 Å². The van der Waals surface area contributed by atoms with Crippen molar-refractivity contribution in [3.05, 3.63) is 62.6 Å². The zero-order valence-electron chi connectivity index (χ0n) is 12.9. The number of aromatic nitrogens is 5. The molecule has 0 aliphatic rings. The molecule has 0 spiro atoms. The fraction of sp³-hybridized carbons (Fsp3) is 0.143. The summed E-state index contributed by atoms with van der Waals surface area (Å²) < 4.78 is 1.56. The van der Waals surface area contributed by atoms with Gasteiger partial charge in [0.1, 0.15) is 6.33 Å². The number of anilines is 1. The Kier molecular flexibility index (Phi) is 4.44. The van der Waals surface area contributed by atoms with Gasteiger partial charge in [-0.2, -0.15) is 0 Å². The van der Waals surface area contributed by atoms with Crippen molar-refractivity contribution in [2.45, 2.75) is 13.5 Å². The molecule has 128 valence electrons. The molecular weight excluding hydrogens is 350 g/mol. The summed E-state index contributed by atoms with van der Waals surface area (Å²) in [6, 6.07) is 7.83. The Morgan fingerprint density at radius 3 is 2.88 bits per heavy atom. The standard InChI is InChI=1S/C14H12ClN7O3/c1-8-4-2-3-5-9(8)6-21-7-16-14(20-21)17-13(23)11-10(15)12(19-18-11)22(24)25/h2-5,7H,6H2,1H3,(H,18,19)(H,17,20,23). The fourth-order valence-electron chi connectivity index (χ4n) is 2.14. The quantitative estimate of drug-likeness (QED) is 0.528. The largest absolute Gasteiger partial charge is 0.362 e. The van der Waals surface area contributed by atoms with Crippen LogP contribution in [0.25, 0.3) is 0 Å². The van der Waals surface area contributed by atoms with Gasteiger partial charge < -0.3 is 10.1 Å². The number of carbonyl (C=O) groups is 1. The van der Waals surface area contributed by atoms with E-state index in [2.05, 4.69) is 25.6 Å². The molecule has 0 saturated carbocycles. The van der Waals surface area contributed by atoms with Crippen LogP contribution in [0, 0.1) is 17.0 Å². The molecule has 0 atom stereocenters. The summed E-state index contributed by atoms with van der Waals surface area (Å²) >= 11 is 5.77. The molecule has 3 aromatic rings. The van der Waals surface area contributed by atoms with Crippen molar-refractivity contribution >= 4 is 29.3 Å². The summed E-state index contributed by atoms with van der Waals surface area (Å²) in [6.07, 6.45) is 1.47. The third-order valence-electron chi connectivity index (χ3n) is 3.44. The first-order valence-corrected chi connectivity index (χ1v) is 7.47. The molecule has 0 aliphatic heterocycles. The maximum Gasteiger partial charge on any atom is 0.362 e. The molecule has 0 aliphatic carbocycles. The number of hydrogen-bond acceptors (Lipinski definition) is 6. The van der Waals surface area contributed by atoms with Gasteiger partial charge in [0.2, 0.25) is 5.95 Å². The van der Waals surface area contributed by atoms with Crippen LogP contribution in [-0.4, -0.2) is 35.8 Å². The number of amides is 1. The van der Waals surface area contributed by atoms with Gasteiger partial charge in [-0.3, -0.25) is 10.1 Å². The highest BCUT2D eigenvalue weighted by Crippen LogP contribution is 2.25. The second-order valence-corrected chi connectivity index (χ2v) is 5.52. The van der Waals surface area contributed by atoms with Crippen LogP contribution in [0.3, 0.4) is 0 Å². The molecule has 2 aromatic heterocycles. The summed E-state index contributed by atoms with van der Waals surface area (Å²) in [4.78, 5) is 26.0. The number of hydrogen-bond donors (Lipinski definition) is 2. The summed E-state index contributed by atoms with van der Waals surface area (Å²) in [6.45, 7) is 2.48. The van der Waals surface area contributed by atoms with E-state index in [0.29, 0.717) is 6.54 Å². The lowest BCUT2D eigenvalue weighted by Gasteiger charge is -2.04. The summed E-state index contributed by atoms with van der Waals surface area (Å²) in [5.41, 5.74) is 1.87. The van der Waals surface area contributed by atoms with Crippen molar-refractivity contribution < 1.29 is 9.72 Å². The van der Waals surface area contributed by atoms with E-state index in [1.54, 1.807) is 4.68 Å². The van der Waals surface area contributed by atoms with Gasteiger partial charge in [0, 0.05) is 0 Å². The molecule has 0 bridgehead atoms. The maximum absolute atomic E-state index is 12.1. The lowest BCUT2D eigenvalue weighted by Crippen LogP contribution is -2.14. The van der Waals surface area contributed by atoms with E-state index in [4.69, 9.17) is 11.6 Å². The average molecular weight is 362 g/mol. The Balaban J connectivity index is 1.72. The summed E-state index contributed by atoms with van der Waals surface area (Å²) in [5, 5.41) is 22.5. The molecular formula is C14H12ClN7O3. The van der Waals surface area contributed by atoms with Gasteiger partial charge >= 0.3 is 5.82 Å². The number of nitrogens with one attached hydrogen (secondary N) is 2. The van der Waals surface area contributed by atoms with Crippen LogP contribution in [0.4, 0.5) is 11.8 Å². The molecule has 2 heterocycles. The molecule has 25 heavy (non-hydrogen) atoms. The minimum absolute atomic E-state index is 0.0419. The number of rotatable bonds is 5. The molecule has 0 unspecified atom stereocenters. The van der Waals surface area contributed by atoms with E-state index in [9.17, 15) is 14.9 Å². The van der Waals surface area contributed by atoms with E-state index in [1.165, 1.54) is 6.33 Å². The van der Waals surface area contributed by atoms with Gasteiger partial charge in [0.05, 0.1) is 6.54 Å². The molecule has 0 radical (unpaired) electrons. The lowest BCUT2D eigenvalue weighted by molar-refractivity contribution is -0.389. The molecule has 0 fully saturated rings. The van der Waals surface area contributed by atoms with Crippen molar-refractivity contribution in [3.63, 3.8) is 0 Å². The number of aromatic amines is 1. The van der Waals surface area contributed by atoms with Crippen LogP contribution in [0.5, 0.6) is 0 Å². The SMILES string of the molecule is Cc1ccccc1Cn1cnc(NC(=O)c2n[nH]c([N+](=O)[O-])c2Cl)n1. The van der Waals surface area contributed by atoms with Crippen molar-refractivity contribution in [3.8, 4) is 0 Å². The van der Waals surface area contributed by atoms with Gasteiger partial charge in [0.25, 0.3) is 5.91 Å². The highest BCUT2D eigenvalue weighted by Gasteiger charge is 2.25. The Morgan fingerprint density at radius 1 is 1.44 bits per heavy atom. The zero-order valence-corrected chi connectivity index (χ0v) is 13.7. The maximum atomic E-state index is 12.1. The zero-order chi connectivity index (χ0) is 18.0. The molecule has 1 amide bonds. The first kappa shape index (κ1) is 16.6. The Bertz CT molecular complexity index is 950. The van der Waals surface area contributed by atoms with E-state index in [1.807, 2.05) is 31.2 Å². The van der Waals surface area contributed by atoms with Gasteiger partial charge in [-0.15, -0.1) is 10.2 Å². The van der Waals surface area contributed by atoms with E-state index < -0.39 is 16.6 Å². The number of H-pyrrole nitrogens is 1. The summed E-state index contributed by atoms with van der Waals surface area (Å²) in [7, 11) is 0. The number of benzene rings is 1. The molecule has 11 heteroatoms. The molecule has 2 N–H and O–H groups in total. The monoisotopic (exact) mass is 361 g/mol. The predicted octanol–water partition coefficient (Wildman–Crippen LogP) is 2.17. The third-order valence-corrected chi connectivity index (χ3v) is 3.80. The number of halogens is 1. The Hall–Kier alpha value is -3.27. The average Bonchev–Trinajstić information content (AvgIpc) is 3.16. The van der Waals surface area contributed by atoms with Gasteiger partial charge in [-0.1, -0.05) is 41.0 Å².